The average molecular weight is 218 g/mol. The zero-order chi connectivity index (χ0) is 11.4. The Bertz CT molecular complexity index is 422. The lowest BCUT2D eigenvalue weighted by Gasteiger charge is -2.31. The van der Waals surface area contributed by atoms with Crippen LogP contribution in [0.25, 0.3) is 0 Å². The Kier molecular flexibility index (Phi) is 3.03. The summed E-state index contributed by atoms with van der Waals surface area (Å²) < 4.78 is 12.8. The minimum Gasteiger partial charge on any atom is -0.332 e. The molecule has 4 nitrogen and oxygen atoms in total. The van der Waals surface area contributed by atoms with Crippen molar-refractivity contribution < 1.29 is 9.47 Å². The summed E-state index contributed by atoms with van der Waals surface area (Å²) >= 11 is 0. The molecule has 2 aromatic rings. The summed E-state index contributed by atoms with van der Waals surface area (Å²) in [6.07, 6.45) is 5.16. The van der Waals surface area contributed by atoms with Gasteiger partial charge in [-0.05, 0) is 0 Å². The molecular formula is C12H14N2O2. The van der Waals surface area contributed by atoms with Crippen molar-refractivity contribution in [3.8, 4) is 0 Å². The Morgan fingerprint density at radius 2 is 1.81 bits per heavy atom. The molecule has 1 heterocycles. The number of aromatic nitrogens is 2. The largest absolute Gasteiger partial charge is 0.332 e. The van der Waals surface area contributed by atoms with Gasteiger partial charge in [-0.25, -0.2) is 4.98 Å². The summed E-state index contributed by atoms with van der Waals surface area (Å²) in [6.45, 7) is 0. The Morgan fingerprint density at radius 1 is 1.12 bits per heavy atom. The molecule has 0 N–H and O–H groups in total. The molecule has 1 aromatic carbocycles. The smallest absolute Gasteiger partial charge is 0.284 e. The summed E-state index contributed by atoms with van der Waals surface area (Å²) in [7, 11) is 3.22. The van der Waals surface area contributed by atoms with Gasteiger partial charge in [0.05, 0.1) is 6.33 Å². The molecule has 0 radical (unpaired) electrons. The highest BCUT2D eigenvalue weighted by molar-refractivity contribution is 5.21. The molecule has 0 unspecified atom stereocenters. The number of ether oxygens (including phenoxy) is 2. The monoisotopic (exact) mass is 218 g/mol. The first kappa shape index (κ1) is 10.9. The van der Waals surface area contributed by atoms with Gasteiger partial charge in [-0.2, -0.15) is 0 Å². The van der Waals surface area contributed by atoms with Crippen LogP contribution in [0.1, 0.15) is 5.56 Å². The molecule has 84 valence electrons. The molecule has 0 aliphatic heterocycles. The van der Waals surface area contributed by atoms with Crippen LogP contribution >= 0.6 is 0 Å². The van der Waals surface area contributed by atoms with Crippen molar-refractivity contribution in [2.24, 2.45) is 0 Å². The van der Waals surface area contributed by atoms with Crippen LogP contribution in [-0.4, -0.2) is 23.8 Å². The topological polar surface area (TPSA) is 36.3 Å². The molecule has 0 bridgehead atoms. The highest BCUT2D eigenvalue weighted by atomic mass is 16.7. The van der Waals surface area contributed by atoms with Gasteiger partial charge in [-0.1, -0.05) is 30.3 Å². The van der Waals surface area contributed by atoms with E-state index in [4.69, 9.17) is 9.47 Å². The number of benzene rings is 1. The predicted molar refractivity (Wildman–Crippen MR) is 59.8 cm³/mol. The first-order valence-electron chi connectivity index (χ1n) is 4.98. The third-order valence-electron chi connectivity index (χ3n) is 2.54. The summed E-state index contributed by atoms with van der Waals surface area (Å²) in [6, 6.07) is 9.74. The van der Waals surface area contributed by atoms with Gasteiger partial charge in [0.15, 0.2) is 0 Å². The maximum absolute atomic E-state index is 5.52. The minimum absolute atomic E-state index is 0.915. The predicted octanol–water partition coefficient (Wildman–Crippen LogP) is 1.83. The van der Waals surface area contributed by atoms with E-state index in [1.165, 1.54) is 0 Å². The zero-order valence-corrected chi connectivity index (χ0v) is 9.33. The maximum Gasteiger partial charge on any atom is 0.284 e. The van der Waals surface area contributed by atoms with Crippen molar-refractivity contribution in [3.05, 3.63) is 54.6 Å². The molecule has 0 fully saturated rings. The van der Waals surface area contributed by atoms with E-state index < -0.39 is 5.91 Å². The lowest BCUT2D eigenvalue weighted by Crippen LogP contribution is -2.38. The average Bonchev–Trinajstić information content (AvgIpc) is 2.87. The van der Waals surface area contributed by atoms with Crippen LogP contribution in [0.2, 0.25) is 0 Å². The normalized spacial score (nSPS) is 11.6. The fourth-order valence-electron chi connectivity index (χ4n) is 1.76. The van der Waals surface area contributed by atoms with Crippen molar-refractivity contribution in [2.75, 3.05) is 14.2 Å². The van der Waals surface area contributed by atoms with Crippen molar-refractivity contribution in [2.45, 2.75) is 5.91 Å². The van der Waals surface area contributed by atoms with Crippen LogP contribution in [-0.2, 0) is 15.4 Å². The second-order valence-electron chi connectivity index (χ2n) is 3.33. The lowest BCUT2D eigenvalue weighted by molar-refractivity contribution is -0.236. The second kappa shape index (κ2) is 4.47. The van der Waals surface area contributed by atoms with Crippen molar-refractivity contribution in [1.82, 2.24) is 9.55 Å². The highest BCUT2D eigenvalue weighted by Crippen LogP contribution is 2.27. The molecule has 0 aliphatic rings. The maximum atomic E-state index is 5.52. The van der Waals surface area contributed by atoms with Crippen LogP contribution in [0, 0.1) is 0 Å². The van der Waals surface area contributed by atoms with E-state index in [9.17, 15) is 0 Å². The van der Waals surface area contributed by atoms with Gasteiger partial charge in [0, 0.05) is 32.2 Å². The van der Waals surface area contributed by atoms with Crippen molar-refractivity contribution >= 4 is 0 Å². The fraction of sp³-hybridized carbons (Fsp3) is 0.250. The number of nitrogens with zero attached hydrogens (tertiary/aromatic N) is 2. The van der Waals surface area contributed by atoms with Crippen LogP contribution in [0.3, 0.4) is 0 Å². The summed E-state index contributed by atoms with van der Waals surface area (Å²) in [4.78, 5) is 4.01. The molecule has 0 saturated heterocycles. The Labute approximate surface area is 94.4 Å². The van der Waals surface area contributed by atoms with Gasteiger partial charge in [0.1, 0.15) is 0 Å². The first-order valence-corrected chi connectivity index (χ1v) is 4.98. The molecule has 16 heavy (non-hydrogen) atoms. The van der Waals surface area contributed by atoms with Gasteiger partial charge < -0.3 is 9.47 Å². The van der Waals surface area contributed by atoms with E-state index in [0.29, 0.717) is 0 Å². The summed E-state index contributed by atoms with van der Waals surface area (Å²) in [5.74, 6) is -0.947. The molecule has 2 rings (SSSR count). The third-order valence-corrected chi connectivity index (χ3v) is 2.54. The number of imidazole rings is 1. The number of methoxy groups -OCH3 is 2. The Morgan fingerprint density at radius 3 is 2.31 bits per heavy atom. The standard InChI is InChI=1S/C12H14N2O2/c1-15-12(16-2,14-9-8-13-10-14)11-6-4-3-5-7-11/h3-10H,1-2H3. The van der Waals surface area contributed by atoms with E-state index in [1.807, 2.05) is 30.3 Å². The van der Waals surface area contributed by atoms with Crippen LogP contribution in [0.5, 0.6) is 0 Å². The number of hydrogen-bond acceptors (Lipinski definition) is 3. The quantitative estimate of drug-likeness (QED) is 0.735. The van der Waals surface area contributed by atoms with Crippen LogP contribution in [0.15, 0.2) is 49.1 Å². The van der Waals surface area contributed by atoms with Gasteiger partial charge in [0.25, 0.3) is 5.91 Å². The molecule has 0 spiro atoms. The van der Waals surface area contributed by atoms with Gasteiger partial charge >= 0.3 is 0 Å². The zero-order valence-electron chi connectivity index (χ0n) is 9.33. The van der Waals surface area contributed by atoms with E-state index in [-0.39, 0.29) is 0 Å². The van der Waals surface area contributed by atoms with Gasteiger partial charge in [-0.3, -0.25) is 4.57 Å². The highest BCUT2D eigenvalue weighted by Gasteiger charge is 2.33. The SMILES string of the molecule is COC(OC)(c1ccccc1)n1ccnc1. The first-order chi connectivity index (χ1) is 7.83. The molecule has 1 aromatic heterocycles. The lowest BCUT2D eigenvalue weighted by atomic mass is 10.1. The number of rotatable bonds is 4. The van der Waals surface area contributed by atoms with Crippen molar-refractivity contribution in [1.29, 1.82) is 0 Å². The fourth-order valence-corrected chi connectivity index (χ4v) is 1.76. The van der Waals surface area contributed by atoms with Crippen molar-refractivity contribution in [3.63, 3.8) is 0 Å². The Hall–Kier alpha value is -1.65. The number of hydrogen-bond donors (Lipinski definition) is 0. The van der Waals surface area contributed by atoms with Gasteiger partial charge in [-0.15, -0.1) is 0 Å². The second-order valence-corrected chi connectivity index (χ2v) is 3.33. The van der Waals surface area contributed by atoms with E-state index in [2.05, 4.69) is 4.98 Å². The minimum atomic E-state index is -0.947. The summed E-state index contributed by atoms with van der Waals surface area (Å²) in [5, 5.41) is 0. The molecular weight excluding hydrogens is 204 g/mol. The van der Waals surface area contributed by atoms with Crippen LogP contribution in [0.4, 0.5) is 0 Å². The van der Waals surface area contributed by atoms with E-state index in [1.54, 1.807) is 37.5 Å². The molecule has 0 amide bonds. The molecule has 0 atom stereocenters. The van der Waals surface area contributed by atoms with E-state index >= 15 is 0 Å². The molecule has 0 aliphatic carbocycles. The van der Waals surface area contributed by atoms with Crippen LogP contribution < -0.4 is 0 Å². The summed E-state index contributed by atoms with van der Waals surface area (Å²) in [5.41, 5.74) is 0.915. The third kappa shape index (κ3) is 1.62. The molecule has 0 saturated carbocycles. The van der Waals surface area contributed by atoms with Gasteiger partial charge in [0.2, 0.25) is 0 Å². The molecule has 4 heteroatoms. The Balaban J connectivity index is 2.52. The van der Waals surface area contributed by atoms with E-state index in [0.717, 1.165) is 5.56 Å².